The van der Waals surface area contributed by atoms with Gasteiger partial charge in [-0.1, -0.05) is 13.8 Å². The number of piperidine rings is 1. The molecule has 1 amide bonds. The van der Waals surface area contributed by atoms with Gasteiger partial charge in [0.2, 0.25) is 0 Å². The Labute approximate surface area is 119 Å². The maximum Gasteiger partial charge on any atom is 0.272 e. The lowest BCUT2D eigenvalue weighted by atomic mass is 9.99. The third-order valence-corrected chi connectivity index (χ3v) is 4.45. The number of carbonyl (C=O) groups is 1. The number of nitrogens with zero attached hydrogens (tertiary/aromatic N) is 3. The summed E-state index contributed by atoms with van der Waals surface area (Å²) >= 11 is 6.21. The number of likely N-dealkylation sites (tertiary alicyclic amines) is 1. The normalized spacial score (nSPS) is 23.7. The van der Waals surface area contributed by atoms with Gasteiger partial charge >= 0.3 is 0 Å². The highest BCUT2D eigenvalue weighted by molar-refractivity contribution is 6.20. The Morgan fingerprint density at radius 3 is 2.84 bits per heavy atom. The van der Waals surface area contributed by atoms with E-state index in [2.05, 4.69) is 18.9 Å². The van der Waals surface area contributed by atoms with Gasteiger partial charge in [0.25, 0.3) is 5.91 Å². The summed E-state index contributed by atoms with van der Waals surface area (Å²) in [4.78, 5) is 14.5. The molecule has 0 N–H and O–H groups in total. The molecule has 0 saturated carbocycles. The molecule has 0 spiro atoms. The lowest BCUT2D eigenvalue weighted by molar-refractivity contribution is 0.0674. The highest BCUT2D eigenvalue weighted by Crippen LogP contribution is 2.23. The largest absolute Gasteiger partial charge is 0.337 e. The highest BCUT2D eigenvalue weighted by atomic mass is 35.5. The van der Waals surface area contributed by atoms with E-state index in [1.54, 1.807) is 4.68 Å². The maximum atomic E-state index is 12.6. The van der Waals surface area contributed by atoms with Gasteiger partial charge in [0.05, 0.1) is 5.69 Å². The predicted molar refractivity (Wildman–Crippen MR) is 76.6 cm³/mol. The molecule has 1 aromatic heterocycles. The third kappa shape index (κ3) is 2.94. The minimum Gasteiger partial charge on any atom is -0.337 e. The molecule has 1 aliphatic rings. The number of hydrogen-bond donors (Lipinski definition) is 0. The van der Waals surface area contributed by atoms with Gasteiger partial charge in [-0.3, -0.25) is 9.48 Å². The van der Waals surface area contributed by atoms with Crippen molar-refractivity contribution < 1.29 is 4.79 Å². The average Bonchev–Trinajstić information content (AvgIpc) is 2.84. The fourth-order valence-corrected chi connectivity index (χ4v) is 2.70. The molecular formula is C14H22ClN3O. The number of rotatable bonds is 3. The SMILES string of the molecule is CCc1cc(C(=O)N2CCC(Cl)C(C)C2)n(CC)n1. The van der Waals surface area contributed by atoms with Crippen molar-refractivity contribution in [3.63, 3.8) is 0 Å². The molecule has 0 bridgehead atoms. The Morgan fingerprint density at radius 1 is 1.53 bits per heavy atom. The van der Waals surface area contributed by atoms with Crippen LogP contribution in [0.2, 0.25) is 0 Å². The molecule has 0 aromatic carbocycles. The van der Waals surface area contributed by atoms with E-state index in [9.17, 15) is 4.79 Å². The molecule has 2 unspecified atom stereocenters. The molecule has 1 aromatic rings. The van der Waals surface area contributed by atoms with Crippen LogP contribution in [0.3, 0.4) is 0 Å². The van der Waals surface area contributed by atoms with Crippen LogP contribution in [-0.4, -0.2) is 39.1 Å². The van der Waals surface area contributed by atoms with Crippen LogP contribution in [0.5, 0.6) is 0 Å². The van der Waals surface area contributed by atoms with Crippen molar-refractivity contribution in [3.05, 3.63) is 17.5 Å². The third-order valence-electron chi connectivity index (χ3n) is 3.80. The summed E-state index contributed by atoms with van der Waals surface area (Å²) in [6.07, 6.45) is 1.72. The van der Waals surface area contributed by atoms with Crippen LogP contribution in [0.25, 0.3) is 0 Å². The van der Waals surface area contributed by atoms with Crippen molar-refractivity contribution in [3.8, 4) is 0 Å². The smallest absolute Gasteiger partial charge is 0.272 e. The molecule has 1 aliphatic heterocycles. The van der Waals surface area contributed by atoms with Crippen molar-refractivity contribution in [1.82, 2.24) is 14.7 Å². The summed E-state index contributed by atoms with van der Waals surface area (Å²) in [6, 6.07) is 1.92. The zero-order valence-electron chi connectivity index (χ0n) is 11.9. The number of aromatic nitrogens is 2. The van der Waals surface area contributed by atoms with E-state index in [1.807, 2.05) is 17.9 Å². The van der Waals surface area contributed by atoms with Gasteiger partial charge in [-0.15, -0.1) is 11.6 Å². The van der Waals surface area contributed by atoms with Crippen molar-refractivity contribution in [1.29, 1.82) is 0 Å². The molecular weight excluding hydrogens is 262 g/mol. The Kier molecular flexibility index (Phi) is 4.50. The quantitative estimate of drug-likeness (QED) is 0.800. The number of carbonyl (C=O) groups excluding carboxylic acids is 1. The van der Waals surface area contributed by atoms with Crippen LogP contribution < -0.4 is 0 Å². The molecule has 2 rings (SSSR count). The average molecular weight is 284 g/mol. The molecule has 106 valence electrons. The second-order valence-corrected chi connectivity index (χ2v) is 5.78. The first-order chi connectivity index (χ1) is 9.06. The maximum absolute atomic E-state index is 12.6. The van der Waals surface area contributed by atoms with Gasteiger partial charge in [0, 0.05) is 25.0 Å². The lowest BCUT2D eigenvalue weighted by Gasteiger charge is -2.34. The van der Waals surface area contributed by atoms with Gasteiger partial charge in [-0.2, -0.15) is 5.10 Å². The standard InChI is InChI=1S/C14H22ClN3O/c1-4-11-8-13(18(5-2)16-11)14(19)17-7-6-12(15)10(3)9-17/h8,10,12H,4-7,9H2,1-3H3. The minimum absolute atomic E-state index is 0.0875. The number of hydrogen-bond acceptors (Lipinski definition) is 2. The van der Waals surface area contributed by atoms with Crippen molar-refractivity contribution in [2.45, 2.75) is 45.5 Å². The molecule has 1 fully saturated rings. The van der Waals surface area contributed by atoms with E-state index in [0.29, 0.717) is 11.6 Å². The molecule has 0 radical (unpaired) electrons. The molecule has 5 heteroatoms. The summed E-state index contributed by atoms with van der Waals surface area (Å²) < 4.78 is 1.80. The Morgan fingerprint density at radius 2 is 2.26 bits per heavy atom. The first kappa shape index (κ1) is 14.4. The van der Waals surface area contributed by atoms with Crippen LogP contribution in [0.1, 0.15) is 43.4 Å². The monoisotopic (exact) mass is 283 g/mol. The zero-order valence-corrected chi connectivity index (χ0v) is 12.7. The molecule has 1 saturated heterocycles. The van der Waals surface area contributed by atoms with Gasteiger partial charge in [0.15, 0.2) is 0 Å². The molecule has 2 atom stereocenters. The van der Waals surface area contributed by atoms with E-state index >= 15 is 0 Å². The molecule has 19 heavy (non-hydrogen) atoms. The first-order valence-corrected chi connectivity index (χ1v) is 7.50. The lowest BCUT2D eigenvalue weighted by Crippen LogP contribution is -2.44. The molecule has 2 heterocycles. The second kappa shape index (κ2) is 5.95. The van der Waals surface area contributed by atoms with E-state index in [4.69, 9.17) is 11.6 Å². The van der Waals surface area contributed by atoms with Gasteiger partial charge < -0.3 is 4.90 Å². The topological polar surface area (TPSA) is 38.1 Å². The van der Waals surface area contributed by atoms with Crippen LogP contribution in [0.15, 0.2) is 6.07 Å². The summed E-state index contributed by atoms with van der Waals surface area (Å²) in [6.45, 7) is 8.37. The Hall–Kier alpha value is -1.03. The summed E-state index contributed by atoms with van der Waals surface area (Å²) in [5, 5.41) is 4.63. The van der Waals surface area contributed by atoms with Gasteiger partial charge in [0.1, 0.15) is 5.69 Å². The van der Waals surface area contributed by atoms with E-state index in [-0.39, 0.29) is 11.3 Å². The summed E-state index contributed by atoms with van der Waals surface area (Å²) in [7, 11) is 0. The fourth-order valence-electron chi connectivity index (χ4n) is 2.52. The predicted octanol–water partition coefficient (Wildman–Crippen LogP) is 2.55. The Balaban J connectivity index is 2.17. The summed E-state index contributed by atoms with van der Waals surface area (Å²) in [5.41, 5.74) is 1.69. The number of amides is 1. The van der Waals surface area contributed by atoms with E-state index < -0.39 is 0 Å². The van der Waals surface area contributed by atoms with Crippen LogP contribution in [0, 0.1) is 5.92 Å². The highest BCUT2D eigenvalue weighted by Gasteiger charge is 2.29. The number of aryl methyl sites for hydroxylation is 2. The fraction of sp³-hybridized carbons (Fsp3) is 0.714. The van der Waals surface area contributed by atoms with E-state index in [1.165, 1.54) is 0 Å². The minimum atomic E-state index is 0.0875. The van der Waals surface area contributed by atoms with Crippen molar-refractivity contribution in [2.24, 2.45) is 5.92 Å². The van der Waals surface area contributed by atoms with Crippen molar-refractivity contribution in [2.75, 3.05) is 13.1 Å². The number of alkyl halides is 1. The van der Waals surface area contributed by atoms with Crippen LogP contribution in [-0.2, 0) is 13.0 Å². The zero-order chi connectivity index (χ0) is 14.0. The van der Waals surface area contributed by atoms with E-state index in [0.717, 1.165) is 38.2 Å². The second-order valence-electron chi connectivity index (χ2n) is 5.22. The van der Waals surface area contributed by atoms with Crippen molar-refractivity contribution >= 4 is 17.5 Å². The molecule has 4 nitrogen and oxygen atoms in total. The van der Waals surface area contributed by atoms with Gasteiger partial charge in [-0.05, 0) is 31.7 Å². The van der Waals surface area contributed by atoms with Crippen LogP contribution in [0.4, 0.5) is 0 Å². The number of halogens is 1. The van der Waals surface area contributed by atoms with Gasteiger partial charge in [-0.25, -0.2) is 0 Å². The molecule has 0 aliphatic carbocycles. The Bertz CT molecular complexity index is 458. The van der Waals surface area contributed by atoms with Crippen LogP contribution >= 0.6 is 11.6 Å². The first-order valence-electron chi connectivity index (χ1n) is 7.06. The summed E-state index contributed by atoms with van der Waals surface area (Å²) in [5.74, 6) is 0.437.